The maximum Gasteiger partial charge on any atom is 0.0615 e. The third-order valence-corrected chi connectivity index (χ3v) is 8.71. The normalized spacial score (nSPS) is 11.7. The molecule has 0 atom stereocenters. The van der Waals surface area contributed by atoms with Crippen LogP contribution in [0.3, 0.4) is 0 Å². The predicted molar refractivity (Wildman–Crippen MR) is 191 cm³/mol. The summed E-state index contributed by atoms with van der Waals surface area (Å²) < 4.78 is 0. The molecule has 0 saturated carbocycles. The van der Waals surface area contributed by atoms with Gasteiger partial charge in [0.25, 0.3) is 0 Å². The molecular formula is C43H33N. The molecule has 0 fully saturated rings. The number of aryl methyl sites for hydroxylation is 1. The van der Waals surface area contributed by atoms with Gasteiger partial charge in [0.1, 0.15) is 0 Å². The Hall–Kier alpha value is -5.53. The van der Waals surface area contributed by atoms with E-state index in [0.717, 1.165) is 16.7 Å². The molecule has 0 unspecified atom stereocenters. The van der Waals surface area contributed by atoms with E-state index >= 15 is 0 Å². The summed E-state index contributed by atoms with van der Waals surface area (Å²) in [5.74, 6) is 0. The maximum atomic E-state index is 8.74. The van der Waals surface area contributed by atoms with E-state index in [1.807, 2.05) is 19.1 Å². The van der Waals surface area contributed by atoms with Crippen LogP contribution in [-0.2, 0) is 0 Å². The standard InChI is InChI=1S/C43H33N/c1-4-28(2)26-41(44)30-15-11-16-31(27-30)42-37-18-7-9-20-39(37)43(40-21-10-8-19-38(40)42)36-25-13-23-34-33(22-12-24-35(34)36)32-17-6-5-14-29(32)3/h4-27,44H,1H2,2-3H3/b28-26-,44-41?. The van der Waals surface area contributed by atoms with Gasteiger partial charge in [-0.2, -0.15) is 0 Å². The smallest absolute Gasteiger partial charge is 0.0615 e. The Balaban J connectivity index is 1.53. The second-order valence-electron chi connectivity index (χ2n) is 11.4. The first-order chi connectivity index (χ1) is 21.5. The zero-order chi connectivity index (χ0) is 30.2. The molecule has 0 saturated heterocycles. The number of rotatable bonds is 6. The highest BCUT2D eigenvalue weighted by atomic mass is 14.4. The van der Waals surface area contributed by atoms with Crippen LogP contribution in [0.4, 0.5) is 0 Å². The van der Waals surface area contributed by atoms with E-state index in [9.17, 15) is 0 Å². The number of hydrogen-bond acceptors (Lipinski definition) is 1. The molecule has 0 aliphatic rings. The largest absolute Gasteiger partial charge is 0.300 e. The van der Waals surface area contributed by atoms with Crippen molar-refractivity contribution in [1.82, 2.24) is 0 Å². The molecule has 0 aliphatic carbocycles. The fourth-order valence-corrected chi connectivity index (χ4v) is 6.58. The molecule has 0 amide bonds. The Morgan fingerprint density at radius 3 is 1.68 bits per heavy atom. The molecule has 0 radical (unpaired) electrons. The van der Waals surface area contributed by atoms with Crippen molar-refractivity contribution in [2.24, 2.45) is 0 Å². The van der Waals surface area contributed by atoms with Crippen molar-refractivity contribution < 1.29 is 0 Å². The van der Waals surface area contributed by atoms with Gasteiger partial charge in [-0.25, -0.2) is 0 Å². The average Bonchev–Trinajstić information content (AvgIpc) is 3.07. The first-order valence-electron chi connectivity index (χ1n) is 15.1. The Labute approximate surface area is 259 Å². The lowest BCUT2D eigenvalue weighted by atomic mass is 9.83. The SMILES string of the molecule is C=C/C(C)=C\C(=N)c1cccc(-c2c3ccccc3c(-c3cccc4c(-c5ccccc5C)cccc34)c3ccccc23)c1. The van der Waals surface area contributed by atoms with Gasteiger partial charge in [0.2, 0.25) is 0 Å². The van der Waals surface area contributed by atoms with E-state index in [4.69, 9.17) is 5.41 Å². The third kappa shape index (κ3) is 4.64. The highest BCUT2D eigenvalue weighted by molar-refractivity contribution is 6.24. The molecule has 1 heteroatoms. The van der Waals surface area contributed by atoms with Crippen LogP contribution in [0.2, 0.25) is 0 Å². The molecule has 0 heterocycles. The van der Waals surface area contributed by atoms with Crippen LogP contribution in [0.25, 0.3) is 65.7 Å². The minimum absolute atomic E-state index is 0.481. The summed E-state index contributed by atoms with van der Waals surface area (Å²) in [5.41, 5.74) is 10.9. The van der Waals surface area contributed by atoms with Crippen molar-refractivity contribution >= 4 is 38.0 Å². The Kier molecular flexibility index (Phi) is 7.00. The topological polar surface area (TPSA) is 23.9 Å². The number of fused-ring (bicyclic) bond motifs is 3. The van der Waals surface area contributed by atoms with Gasteiger partial charge in [0, 0.05) is 5.56 Å². The molecular weight excluding hydrogens is 530 g/mol. The van der Waals surface area contributed by atoms with Gasteiger partial charge in [0.15, 0.2) is 0 Å². The van der Waals surface area contributed by atoms with Gasteiger partial charge >= 0.3 is 0 Å². The Morgan fingerprint density at radius 1 is 0.545 bits per heavy atom. The average molecular weight is 564 g/mol. The molecule has 44 heavy (non-hydrogen) atoms. The van der Waals surface area contributed by atoms with Crippen LogP contribution in [0.5, 0.6) is 0 Å². The van der Waals surface area contributed by atoms with Crippen LogP contribution in [0.15, 0.2) is 158 Å². The van der Waals surface area contributed by atoms with Crippen molar-refractivity contribution in [1.29, 1.82) is 5.41 Å². The molecule has 7 aromatic carbocycles. The van der Waals surface area contributed by atoms with Gasteiger partial charge in [-0.3, -0.25) is 0 Å². The minimum atomic E-state index is 0.481. The number of nitrogens with one attached hydrogen (secondary N) is 1. The molecule has 0 spiro atoms. The van der Waals surface area contributed by atoms with Crippen LogP contribution in [-0.4, -0.2) is 5.71 Å². The molecule has 0 aromatic heterocycles. The van der Waals surface area contributed by atoms with Crippen LogP contribution in [0.1, 0.15) is 18.1 Å². The number of hydrogen-bond donors (Lipinski definition) is 1. The van der Waals surface area contributed by atoms with E-state index in [-0.39, 0.29) is 0 Å². The van der Waals surface area contributed by atoms with Gasteiger partial charge in [-0.05, 0) is 103 Å². The zero-order valence-corrected chi connectivity index (χ0v) is 25.1. The monoisotopic (exact) mass is 563 g/mol. The van der Waals surface area contributed by atoms with E-state index in [0.29, 0.717) is 5.71 Å². The summed E-state index contributed by atoms with van der Waals surface area (Å²) in [7, 11) is 0. The van der Waals surface area contributed by atoms with Gasteiger partial charge < -0.3 is 5.41 Å². The number of benzene rings is 7. The highest BCUT2D eigenvalue weighted by Gasteiger charge is 2.19. The lowest BCUT2D eigenvalue weighted by molar-refractivity contribution is 1.46. The minimum Gasteiger partial charge on any atom is -0.300 e. The molecule has 0 aliphatic heterocycles. The van der Waals surface area contributed by atoms with E-state index < -0.39 is 0 Å². The van der Waals surface area contributed by atoms with Gasteiger partial charge in [-0.15, -0.1) is 0 Å². The van der Waals surface area contributed by atoms with Crippen molar-refractivity contribution in [2.45, 2.75) is 13.8 Å². The fourth-order valence-electron chi connectivity index (χ4n) is 6.58. The summed E-state index contributed by atoms with van der Waals surface area (Å²) in [6.45, 7) is 8.01. The summed E-state index contributed by atoms with van der Waals surface area (Å²) in [6, 6.07) is 48.0. The molecule has 1 nitrogen and oxygen atoms in total. The third-order valence-electron chi connectivity index (χ3n) is 8.71. The highest BCUT2D eigenvalue weighted by Crippen LogP contribution is 2.46. The lowest BCUT2D eigenvalue weighted by Crippen LogP contribution is -1.97. The summed E-state index contributed by atoms with van der Waals surface area (Å²) >= 11 is 0. The second kappa shape index (κ2) is 11.3. The van der Waals surface area contributed by atoms with Crippen LogP contribution < -0.4 is 0 Å². The maximum absolute atomic E-state index is 8.74. The van der Waals surface area contributed by atoms with Crippen molar-refractivity contribution in [3.8, 4) is 33.4 Å². The molecule has 7 rings (SSSR count). The van der Waals surface area contributed by atoms with Crippen LogP contribution >= 0.6 is 0 Å². The summed E-state index contributed by atoms with van der Waals surface area (Å²) in [6.07, 6.45) is 3.66. The summed E-state index contributed by atoms with van der Waals surface area (Å²) in [5, 5.41) is 16.1. The Morgan fingerprint density at radius 2 is 1.05 bits per heavy atom. The Bertz CT molecular complexity index is 2220. The van der Waals surface area contributed by atoms with E-state index in [1.54, 1.807) is 6.08 Å². The lowest BCUT2D eigenvalue weighted by Gasteiger charge is -2.20. The first-order valence-corrected chi connectivity index (χ1v) is 15.1. The molecule has 0 bridgehead atoms. The van der Waals surface area contributed by atoms with Crippen molar-refractivity contribution in [3.63, 3.8) is 0 Å². The summed E-state index contributed by atoms with van der Waals surface area (Å²) in [4.78, 5) is 0. The number of allylic oxidation sites excluding steroid dienone is 3. The zero-order valence-electron chi connectivity index (χ0n) is 25.1. The fraction of sp³-hybridized carbons (Fsp3) is 0.0465. The van der Waals surface area contributed by atoms with E-state index in [1.165, 1.54) is 65.7 Å². The van der Waals surface area contributed by atoms with Crippen molar-refractivity contribution in [3.05, 3.63) is 169 Å². The second-order valence-corrected chi connectivity index (χ2v) is 11.4. The quantitative estimate of drug-likeness (QED) is 0.118. The van der Waals surface area contributed by atoms with Gasteiger partial charge in [-0.1, -0.05) is 140 Å². The molecule has 7 aromatic rings. The predicted octanol–water partition coefficient (Wildman–Crippen LogP) is 12.0. The first kappa shape index (κ1) is 27.3. The van der Waals surface area contributed by atoms with Crippen molar-refractivity contribution in [2.75, 3.05) is 0 Å². The molecule has 210 valence electrons. The van der Waals surface area contributed by atoms with Crippen LogP contribution in [0, 0.1) is 12.3 Å². The molecule has 1 N–H and O–H groups in total. The van der Waals surface area contributed by atoms with E-state index in [2.05, 4.69) is 141 Å². The van der Waals surface area contributed by atoms with Gasteiger partial charge in [0.05, 0.1) is 5.71 Å².